The Bertz CT molecular complexity index is 240. The molecule has 2 rings (SSSR count). The molecule has 16 heavy (non-hydrogen) atoms. The Hall–Kier alpha value is -0.570. The molecule has 0 aromatic heterocycles. The largest absolute Gasteiger partial charge is 0.342 e. The van der Waals surface area contributed by atoms with Gasteiger partial charge in [0, 0.05) is 19.0 Å². The molecule has 0 bridgehead atoms. The molecule has 1 amide bonds. The Morgan fingerprint density at radius 3 is 2.31 bits per heavy atom. The first-order chi connectivity index (χ1) is 7.74. The van der Waals surface area contributed by atoms with E-state index < -0.39 is 0 Å². The third-order valence-corrected chi connectivity index (χ3v) is 4.23. The molecular formula is C13H24N2O. The molecule has 0 radical (unpaired) electrons. The Balaban J connectivity index is 1.75. The molecule has 0 aliphatic carbocycles. The van der Waals surface area contributed by atoms with Crippen LogP contribution in [0.3, 0.4) is 0 Å². The molecule has 0 atom stereocenters. The lowest BCUT2D eigenvalue weighted by Gasteiger charge is -2.42. The van der Waals surface area contributed by atoms with Crippen molar-refractivity contribution < 1.29 is 4.79 Å². The van der Waals surface area contributed by atoms with E-state index in [4.69, 9.17) is 0 Å². The highest BCUT2D eigenvalue weighted by Crippen LogP contribution is 2.25. The van der Waals surface area contributed by atoms with Gasteiger partial charge in [-0.3, -0.25) is 4.79 Å². The first-order valence-corrected chi connectivity index (χ1v) is 6.75. The maximum Gasteiger partial charge on any atom is 0.225 e. The normalized spacial score (nSPS) is 24.5. The van der Waals surface area contributed by atoms with Crippen LogP contribution in [0.1, 0.15) is 33.1 Å². The molecule has 3 heteroatoms. The second-order valence-corrected chi connectivity index (χ2v) is 5.23. The van der Waals surface area contributed by atoms with E-state index in [0.29, 0.717) is 11.8 Å². The lowest BCUT2D eigenvalue weighted by atomic mass is 9.90. The minimum absolute atomic E-state index is 0.320. The number of likely N-dealkylation sites (tertiary alicyclic amines) is 2. The summed E-state index contributed by atoms with van der Waals surface area (Å²) in [6, 6.07) is 0. The summed E-state index contributed by atoms with van der Waals surface area (Å²) in [6.45, 7) is 9.79. The number of carbonyl (C=O) groups is 1. The van der Waals surface area contributed by atoms with Crippen molar-refractivity contribution >= 4 is 5.91 Å². The Labute approximate surface area is 98.8 Å². The van der Waals surface area contributed by atoms with Crippen molar-refractivity contribution in [2.45, 2.75) is 33.1 Å². The Morgan fingerprint density at radius 1 is 1.19 bits per heavy atom. The Morgan fingerprint density at radius 2 is 1.81 bits per heavy atom. The molecule has 2 fully saturated rings. The fourth-order valence-corrected chi connectivity index (χ4v) is 2.76. The predicted octanol–water partition coefficient (Wildman–Crippen LogP) is 1.59. The maximum atomic E-state index is 12.1. The summed E-state index contributed by atoms with van der Waals surface area (Å²) in [7, 11) is 0. The van der Waals surface area contributed by atoms with Crippen molar-refractivity contribution in [3.8, 4) is 0 Å². The van der Waals surface area contributed by atoms with E-state index in [0.717, 1.165) is 51.5 Å². The van der Waals surface area contributed by atoms with Gasteiger partial charge in [0.05, 0.1) is 0 Å². The quantitative estimate of drug-likeness (QED) is 0.727. The van der Waals surface area contributed by atoms with Gasteiger partial charge in [0.2, 0.25) is 5.91 Å². The second-order valence-electron chi connectivity index (χ2n) is 5.23. The third kappa shape index (κ3) is 2.40. The van der Waals surface area contributed by atoms with E-state index in [1.165, 1.54) is 6.42 Å². The van der Waals surface area contributed by atoms with E-state index in [9.17, 15) is 4.79 Å². The smallest absolute Gasteiger partial charge is 0.225 e. The summed E-state index contributed by atoms with van der Waals surface area (Å²) >= 11 is 0. The topological polar surface area (TPSA) is 23.6 Å². The number of hydrogen-bond acceptors (Lipinski definition) is 2. The molecule has 0 spiro atoms. The first kappa shape index (κ1) is 11.9. The van der Waals surface area contributed by atoms with Crippen LogP contribution in [0.25, 0.3) is 0 Å². The van der Waals surface area contributed by atoms with Gasteiger partial charge < -0.3 is 9.80 Å². The number of piperidine rings is 1. The molecule has 2 heterocycles. The fraction of sp³-hybridized carbons (Fsp3) is 0.923. The summed E-state index contributed by atoms with van der Waals surface area (Å²) < 4.78 is 0. The summed E-state index contributed by atoms with van der Waals surface area (Å²) in [6.07, 6.45) is 3.36. The number of rotatable bonds is 3. The van der Waals surface area contributed by atoms with Crippen LogP contribution >= 0.6 is 0 Å². The highest BCUT2D eigenvalue weighted by Gasteiger charge is 2.34. The van der Waals surface area contributed by atoms with E-state index >= 15 is 0 Å². The van der Waals surface area contributed by atoms with E-state index in [-0.39, 0.29) is 0 Å². The summed E-state index contributed by atoms with van der Waals surface area (Å²) in [5.41, 5.74) is 0. The van der Waals surface area contributed by atoms with Crippen molar-refractivity contribution in [2.24, 2.45) is 11.8 Å². The monoisotopic (exact) mass is 224 g/mol. The zero-order chi connectivity index (χ0) is 11.5. The van der Waals surface area contributed by atoms with Crippen molar-refractivity contribution in [1.29, 1.82) is 0 Å². The molecule has 3 nitrogen and oxygen atoms in total. The van der Waals surface area contributed by atoms with Crippen LogP contribution in [0, 0.1) is 11.8 Å². The molecule has 2 aliphatic rings. The molecule has 0 unspecified atom stereocenters. The van der Waals surface area contributed by atoms with Crippen LogP contribution in [0.15, 0.2) is 0 Å². The lowest BCUT2D eigenvalue weighted by Crippen LogP contribution is -2.53. The van der Waals surface area contributed by atoms with Crippen molar-refractivity contribution in [2.75, 3.05) is 32.7 Å². The molecule has 0 saturated carbocycles. The molecule has 0 aromatic rings. The summed E-state index contributed by atoms with van der Waals surface area (Å²) in [5, 5.41) is 0. The molecule has 0 aromatic carbocycles. The molecule has 92 valence electrons. The van der Waals surface area contributed by atoms with Gasteiger partial charge in [0.1, 0.15) is 0 Å². The van der Waals surface area contributed by atoms with Gasteiger partial charge in [-0.2, -0.15) is 0 Å². The minimum atomic E-state index is 0.320. The van der Waals surface area contributed by atoms with Crippen LogP contribution in [0.4, 0.5) is 0 Å². The van der Waals surface area contributed by atoms with Crippen LogP contribution in [0.5, 0.6) is 0 Å². The highest BCUT2D eigenvalue weighted by atomic mass is 16.2. The third-order valence-electron chi connectivity index (χ3n) is 4.23. The van der Waals surface area contributed by atoms with Gasteiger partial charge in [0.15, 0.2) is 0 Å². The van der Waals surface area contributed by atoms with Gasteiger partial charge in [0.25, 0.3) is 0 Å². The standard InChI is InChI=1S/C13H24N2O/c1-3-11-9-15(10-11)13(16)12-5-7-14(4-2)8-6-12/h11-12H,3-10H2,1-2H3. The lowest BCUT2D eigenvalue weighted by molar-refractivity contribution is -0.143. The number of amides is 1. The number of nitrogens with zero attached hydrogens (tertiary/aromatic N) is 2. The van der Waals surface area contributed by atoms with Gasteiger partial charge >= 0.3 is 0 Å². The number of hydrogen-bond donors (Lipinski definition) is 0. The number of carbonyl (C=O) groups excluding carboxylic acids is 1. The maximum absolute atomic E-state index is 12.1. The molecular weight excluding hydrogens is 200 g/mol. The zero-order valence-electron chi connectivity index (χ0n) is 10.6. The average Bonchev–Trinajstić information content (AvgIpc) is 2.27. The second kappa shape index (κ2) is 5.17. The van der Waals surface area contributed by atoms with Crippen LogP contribution in [-0.2, 0) is 4.79 Å². The summed E-state index contributed by atoms with van der Waals surface area (Å²) in [5.74, 6) is 1.53. The minimum Gasteiger partial charge on any atom is -0.342 e. The predicted molar refractivity (Wildman–Crippen MR) is 65.2 cm³/mol. The van der Waals surface area contributed by atoms with Crippen molar-refractivity contribution in [1.82, 2.24) is 9.80 Å². The molecule has 2 saturated heterocycles. The van der Waals surface area contributed by atoms with Gasteiger partial charge in [-0.15, -0.1) is 0 Å². The van der Waals surface area contributed by atoms with Crippen LogP contribution in [-0.4, -0.2) is 48.4 Å². The zero-order valence-corrected chi connectivity index (χ0v) is 10.6. The van der Waals surface area contributed by atoms with Gasteiger partial charge in [-0.1, -0.05) is 13.8 Å². The van der Waals surface area contributed by atoms with E-state index in [2.05, 4.69) is 23.6 Å². The van der Waals surface area contributed by atoms with Gasteiger partial charge in [-0.05, 0) is 44.8 Å². The SMILES string of the molecule is CCC1CN(C(=O)C2CCN(CC)CC2)C1. The van der Waals surface area contributed by atoms with Crippen molar-refractivity contribution in [3.05, 3.63) is 0 Å². The summed E-state index contributed by atoms with van der Waals surface area (Å²) in [4.78, 5) is 16.7. The molecule has 0 N–H and O–H groups in total. The van der Waals surface area contributed by atoms with Crippen LogP contribution < -0.4 is 0 Å². The molecule has 2 aliphatic heterocycles. The van der Waals surface area contributed by atoms with Gasteiger partial charge in [-0.25, -0.2) is 0 Å². The van der Waals surface area contributed by atoms with Crippen LogP contribution in [0.2, 0.25) is 0 Å². The first-order valence-electron chi connectivity index (χ1n) is 6.75. The Kier molecular flexibility index (Phi) is 3.85. The van der Waals surface area contributed by atoms with Crippen molar-refractivity contribution in [3.63, 3.8) is 0 Å². The fourth-order valence-electron chi connectivity index (χ4n) is 2.76. The highest BCUT2D eigenvalue weighted by molar-refractivity contribution is 5.79. The average molecular weight is 224 g/mol. The van der Waals surface area contributed by atoms with E-state index in [1.807, 2.05) is 0 Å². The van der Waals surface area contributed by atoms with E-state index in [1.54, 1.807) is 0 Å².